The monoisotopic (exact) mass is 507 g/mol. The maximum Gasteiger partial charge on any atom is 0.268 e. The molecule has 1 aliphatic heterocycles. The first-order valence-electron chi connectivity index (χ1n) is 12.0. The Morgan fingerprint density at radius 3 is 2.81 bits per heavy atom. The van der Waals surface area contributed by atoms with Gasteiger partial charge >= 0.3 is 0 Å². The predicted molar refractivity (Wildman–Crippen MR) is 134 cm³/mol. The van der Waals surface area contributed by atoms with Crippen molar-refractivity contribution < 1.29 is 28.7 Å². The molecule has 0 spiro atoms. The summed E-state index contributed by atoms with van der Waals surface area (Å²) in [4.78, 5) is 57.6. The number of ketones is 1. The van der Waals surface area contributed by atoms with Gasteiger partial charge in [-0.15, -0.1) is 0 Å². The van der Waals surface area contributed by atoms with Crippen molar-refractivity contribution in [2.45, 2.75) is 25.3 Å². The second kappa shape index (κ2) is 12.0. The van der Waals surface area contributed by atoms with Gasteiger partial charge in [0.2, 0.25) is 17.7 Å². The summed E-state index contributed by atoms with van der Waals surface area (Å²) in [6, 6.07) is 11.1. The zero-order valence-electron chi connectivity index (χ0n) is 20.4. The van der Waals surface area contributed by atoms with Gasteiger partial charge in [0, 0.05) is 35.6 Å². The van der Waals surface area contributed by atoms with E-state index < -0.39 is 29.6 Å². The minimum atomic E-state index is -0.959. The molecule has 0 saturated carbocycles. The Labute approximate surface area is 213 Å². The van der Waals surface area contributed by atoms with E-state index in [9.17, 15) is 19.2 Å². The van der Waals surface area contributed by atoms with Crippen LogP contribution in [-0.2, 0) is 14.4 Å². The third-order valence-electron chi connectivity index (χ3n) is 6.14. The number of aromatic nitrogens is 2. The number of nitrogens with zero attached hydrogens (tertiary/aromatic N) is 1. The van der Waals surface area contributed by atoms with E-state index in [-0.39, 0.29) is 37.1 Å². The Kier molecular flexibility index (Phi) is 8.34. The molecule has 4 N–H and O–H groups in total. The summed E-state index contributed by atoms with van der Waals surface area (Å²) in [7, 11) is 1.54. The molecule has 11 heteroatoms. The average molecular weight is 508 g/mol. The van der Waals surface area contributed by atoms with Crippen LogP contribution in [0.3, 0.4) is 0 Å². The maximum atomic E-state index is 12.9. The molecule has 3 heterocycles. The van der Waals surface area contributed by atoms with Crippen molar-refractivity contribution in [3.8, 4) is 11.6 Å². The number of hydrogen-bond donors (Lipinski definition) is 4. The molecule has 11 nitrogen and oxygen atoms in total. The van der Waals surface area contributed by atoms with Crippen LogP contribution in [0.1, 0.15) is 29.8 Å². The minimum absolute atomic E-state index is 0.137. The van der Waals surface area contributed by atoms with Crippen molar-refractivity contribution in [3.63, 3.8) is 0 Å². The number of carbonyl (C=O) groups is 4. The number of benzene rings is 1. The summed E-state index contributed by atoms with van der Waals surface area (Å²) >= 11 is 0. The molecule has 3 aromatic rings. The van der Waals surface area contributed by atoms with E-state index in [1.807, 2.05) is 6.07 Å². The van der Waals surface area contributed by atoms with Crippen molar-refractivity contribution in [1.82, 2.24) is 25.9 Å². The van der Waals surface area contributed by atoms with Gasteiger partial charge < -0.3 is 30.4 Å². The largest absolute Gasteiger partial charge is 0.496 e. The lowest BCUT2D eigenvalue weighted by Gasteiger charge is -2.26. The van der Waals surface area contributed by atoms with Crippen LogP contribution in [-0.4, -0.2) is 66.3 Å². The lowest BCUT2D eigenvalue weighted by molar-refractivity contribution is -0.131. The molecule has 0 bridgehead atoms. The maximum absolute atomic E-state index is 12.9. The van der Waals surface area contributed by atoms with Crippen LogP contribution >= 0.6 is 0 Å². The molecule has 0 unspecified atom stereocenters. The number of H-pyrrole nitrogens is 1. The van der Waals surface area contributed by atoms with Gasteiger partial charge in [-0.3, -0.25) is 19.2 Å². The van der Waals surface area contributed by atoms with E-state index in [4.69, 9.17) is 9.47 Å². The molecule has 2 aromatic heterocycles. The molecular formula is C26H29N5O6. The van der Waals surface area contributed by atoms with Crippen molar-refractivity contribution in [3.05, 3.63) is 54.4 Å². The van der Waals surface area contributed by atoms with Gasteiger partial charge in [-0.05, 0) is 43.5 Å². The van der Waals surface area contributed by atoms with E-state index in [0.29, 0.717) is 18.7 Å². The number of aromatic amines is 1. The van der Waals surface area contributed by atoms with E-state index >= 15 is 0 Å². The normalized spacial score (nSPS) is 15.9. The zero-order chi connectivity index (χ0) is 26.2. The minimum Gasteiger partial charge on any atom is -0.496 e. The molecule has 3 amide bonds. The summed E-state index contributed by atoms with van der Waals surface area (Å²) in [6.07, 6.45) is 3.09. The van der Waals surface area contributed by atoms with Gasteiger partial charge in [0.1, 0.15) is 11.4 Å². The highest BCUT2D eigenvalue weighted by atomic mass is 16.5. The number of rotatable bonds is 11. The third kappa shape index (κ3) is 6.63. The second-order valence-electron chi connectivity index (χ2n) is 8.70. The van der Waals surface area contributed by atoms with E-state index in [0.717, 1.165) is 17.3 Å². The fourth-order valence-corrected chi connectivity index (χ4v) is 4.22. The van der Waals surface area contributed by atoms with Crippen molar-refractivity contribution in [2.75, 3.05) is 26.8 Å². The van der Waals surface area contributed by atoms with Crippen molar-refractivity contribution in [1.29, 1.82) is 0 Å². The van der Waals surface area contributed by atoms with Gasteiger partial charge in [0.15, 0.2) is 12.4 Å². The van der Waals surface area contributed by atoms with Crippen LogP contribution in [0, 0.1) is 5.92 Å². The van der Waals surface area contributed by atoms with Crippen LogP contribution in [0.5, 0.6) is 11.6 Å². The highest BCUT2D eigenvalue weighted by Gasteiger charge is 2.30. The first-order chi connectivity index (χ1) is 17.9. The summed E-state index contributed by atoms with van der Waals surface area (Å²) < 4.78 is 10.8. The number of nitrogens with one attached hydrogen (secondary N) is 4. The lowest BCUT2D eigenvalue weighted by atomic mass is 9.90. The molecule has 37 heavy (non-hydrogen) atoms. The Hall–Kier alpha value is -4.41. The number of piperidine rings is 1. The number of pyridine rings is 1. The summed E-state index contributed by atoms with van der Waals surface area (Å²) in [5, 5.41) is 8.75. The van der Waals surface area contributed by atoms with E-state index in [1.54, 1.807) is 43.5 Å². The van der Waals surface area contributed by atoms with Gasteiger partial charge in [0.05, 0.1) is 19.7 Å². The zero-order valence-corrected chi connectivity index (χ0v) is 20.4. The first-order valence-corrected chi connectivity index (χ1v) is 12.0. The molecule has 2 atom stereocenters. The number of fused-ring (bicyclic) bond motifs is 1. The fraction of sp³-hybridized carbons (Fsp3) is 0.346. The fourth-order valence-electron chi connectivity index (χ4n) is 4.22. The number of hydrogen-bond acceptors (Lipinski definition) is 7. The SMILES string of the molecule is COc1cccc2[nH]c(C(=O)NCC(=O)N[C@@H](C[C@@H]3CCCNC3=O)C(=O)COc3ccccn3)cc12. The van der Waals surface area contributed by atoms with Crippen molar-refractivity contribution in [2.24, 2.45) is 5.92 Å². The predicted octanol–water partition coefficient (Wildman–Crippen LogP) is 1.35. The van der Waals surface area contributed by atoms with Gasteiger partial charge in [-0.2, -0.15) is 0 Å². The molecule has 4 rings (SSSR count). The molecule has 0 aliphatic carbocycles. The third-order valence-corrected chi connectivity index (χ3v) is 6.14. The quantitative estimate of drug-likeness (QED) is 0.306. The topological polar surface area (TPSA) is 152 Å². The Morgan fingerprint density at radius 2 is 2.05 bits per heavy atom. The summed E-state index contributed by atoms with van der Waals surface area (Å²) in [6.45, 7) is -0.0820. The smallest absolute Gasteiger partial charge is 0.268 e. The molecular weight excluding hydrogens is 478 g/mol. The number of methoxy groups -OCH3 is 1. The second-order valence-corrected chi connectivity index (χ2v) is 8.70. The Balaban J connectivity index is 1.37. The molecule has 1 saturated heterocycles. The van der Waals surface area contributed by atoms with Crippen molar-refractivity contribution >= 4 is 34.4 Å². The van der Waals surface area contributed by atoms with Crippen LogP contribution in [0.25, 0.3) is 10.9 Å². The highest BCUT2D eigenvalue weighted by molar-refractivity contribution is 6.01. The van der Waals surface area contributed by atoms with E-state index in [1.165, 1.54) is 6.20 Å². The summed E-state index contributed by atoms with van der Waals surface area (Å²) in [5.41, 5.74) is 0.987. The molecule has 1 aromatic carbocycles. The van der Waals surface area contributed by atoms with Gasteiger partial charge in [-0.1, -0.05) is 12.1 Å². The number of carbonyl (C=O) groups excluding carboxylic acids is 4. The van der Waals surface area contributed by atoms with E-state index in [2.05, 4.69) is 25.9 Å². The number of Topliss-reactive ketones (excluding diaryl/α,β-unsaturated/α-hetero) is 1. The standard InChI is InChI=1S/C26H29N5O6/c1-36-22-8-4-7-18-17(22)13-20(30-18)26(35)29-14-23(33)31-19(12-16-6-5-11-28-25(16)34)21(32)15-37-24-9-2-3-10-27-24/h2-4,7-10,13,16,19,30H,5-6,11-12,14-15H2,1H3,(H,28,34)(H,29,35)(H,31,33)/t16-,19-/m0/s1. The Bertz CT molecular complexity index is 1270. The van der Waals surface area contributed by atoms with Crippen LogP contribution in [0.15, 0.2) is 48.7 Å². The van der Waals surface area contributed by atoms with Crippen LogP contribution in [0.4, 0.5) is 0 Å². The van der Waals surface area contributed by atoms with Crippen LogP contribution in [0.2, 0.25) is 0 Å². The molecule has 194 valence electrons. The molecule has 0 radical (unpaired) electrons. The molecule has 1 fully saturated rings. The number of ether oxygens (including phenoxy) is 2. The summed E-state index contributed by atoms with van der Waals surface area (Å²) in [5.74, 6) is -1.10. The highest BCUT2D eigenvalue weighted by Crippen LogP contribution is 2.26. The van der Waals surface area contributed by atoms with Crippen LogP contribution < -0.4 is 25.4 Å². The van der Waals surface area contributed by atoms with Gasteiger partial charge in [0.25, 0.3) is 5.91 Å². The molecule has 1 aliphatic rings. The first kappa shape index (κ1) is 25.7. The Morgan fingerprint density at radius 1 is 1.19 bits per heavy atom. The van der Waals surface area contributed by atoms with Gasteiger partial charge in [-0.25, -0.2) is 4.98 Å². The number of amides is 3. The average Bonchev–Trinajstić information content (AvgIpc) is 3.36. The lowest BCUT2D eigenvalue weighted by Crippen LogP contribution is -2.49.